The van der Waals surface area contributed by atoms with Crippen molar-refractivity contribution in [3.8, 4) is 0 Å². The summed E-state index contributed by atoms with van der Waals surface area (Å²) >= 11 is 1.42. The van der Waals surface area contributed by atoms with Gasteiger partial charge in [-0.1, -0.05) is 43.2 Å². The van der Waals surface area contributed by atoms with Gasteiger partial charge in [0.2, 0.25) is 5.13 Å². The van der Waals surface area contributed by atoms with Gasteiger partial charge in [-0.25, -0.2) is 0 Å². The summed E-state index contributed by atoms with van der Waals surface area (Å²) in [7, 11) is 0. The van der Waals surface area contributed by atoms with Crippen LogP contribution in [0, 0.1) is 0 Å². The molecule has 23 heavy (non-hydrogen) atoms. The third-order valence-corrected chi connectivity index (χ3v) is 4.90. The number of Topliss-reactive ketones (excluding diaryl/α,β-unsaturated/α-hetero) is 1. The van der Waals surface area contributed by atoms with Gasteiger partial charge >= 0.3 is 0 Å². The molecule has 0 unspecified atom stereocenters. The number of fused-ring (bicyclic) bond motifs is 1. The molecular weight excluding hydrogens is 310 g/mol. The zero-order chi connectivity index (χ0) is 16.2. The molecule has 5 nitrogen and oxygen atoms in total. The first-order chi connectivity index (χ1) is 11.2. The average molecular weight is 329 g/mol. The Balaban J connectivity index is 1.70. The Bertz CT molecular complexity index is 739. The van der Waals surface area contributed by atoms with Crippen molar-refractivity contribution in [3.05, 3.63) is 39.9 Å². The molecular formula is C17H19N3O2S. The number of hydrogen-bond donors (Lipinski definition) is 1. The largest absolute Gasteiger partial charge is 0.296 e. The van der Waals surface area contributed by atoms with E-state index in [4.69, 9.17) is 0 Å². The lowest BCUT2D eigenvalue weighted by atomic mass is 10.0. The van der Waals surface area contributed by atoms with Crippen molar-refractivity contribution in [1.29, 1.82) is 0 Å². The first-order valence-electron chi connectivity index (χ1n) is 7.98. The lowest BCUT2D eigenvalue weighted by Crippen LogP contribution is -2.14. The average Bonchev–Trinajstić information content (AvgIpc) is 3.15. The van der Waals surface area contributed by atoms with Gasteiger partial charge in [0.05, 0.1) is 0 Å². The molecule has 1 aromatic heterocycles. The fourth-order valence-corrected chi connectivity index (χ4v) is 3.58. The highest BCUT2D eigenvalue weighted by Gasteiger charge is 2.24. The topological polar surface area (TPSA) is 72.0 Å². The first-order valence-corrected chi connectivity index (χ1v) is 8.79. The van der Waals surface area contributed by atoms with E-state index in [1.165, 1.54) is 24.2 Å². The van der Waals surface area contributed by atoms with E-state index in [1.807, 2.05) is 0 Å². The Morgan fingerprint density at radius 3 is 2.96 bits per heavy atom. The number of benzene rings is 1. The van der Waals surface area contributed by atoms with E-state index in [2.05, 4.69) is 22.4 Å². The zero-order valence-corrected chi connectivity index (χ0v) is 13.9. The standard InChI is InChI=1S/C17H19N3O2S/c1-2-3-4-8-15-19-20-17(23-15)18-16(22)13-7-5-6-12-11(13)9-10-14(12)21/h5-7H,2-4,8-10H2,1H3,(H,18,20,22). The Morgan fingerprint density at radius 1 is 1.26 bits per heavy atom. The third-order valence-electron chi connectivity index (χ3n) is 4.00. The lowest BCUT2D eigenvalue weighted by Gasteiger charge is -2.06. The maximum atomic E-state index is 12.5. The van der Waals surface area contributed by atoms with E-state index in [1.54, 1.807) is 18.2 Å². The molecule has 0 saturated heterocycles. The minimum Gasteiger partial charge on any atom is -0.296 e. The predicted octanol–water partition coefficient (Wildman–Crippen LogP) is 3.65. The number of rotatable bonds is 6. The van der Waals surface area contributed by atoms with Crippen LogP contribution in [0.4, 0.5) is 5.13 Å². The van der Waals surface area contributed by atoms with Gasteiger partial charge in [0, 0.05) is 24.0 Å². The molecule has 120 valence electrons. The molecule has 1 aliphatic rings. The number of nitrogens with one attached hydrogen (secondary N) is 1. The van der Waals surface area contributed by atoms with Crippen molar-refractivity contribution < 1.29 is 9.59 Å². The maximum Gasteiger partial charge on any atom is 0.257 e. The summed E-state index contributed by atoms with van der Waals surface area (Å²) in [6.45, 7) is 2.16. The fraction of sp³-hybridized carbons (Fsp3) is 0.412. The molecule has 1 aromatic carbocycles. The number of ketones is 1. The molecule has 3 rings (SSSR count). The van der Waals surface area contributed by atoms with Crippen LogP contribution < -0.4 is 5.32 Å². The van der Waals surface area contributed by atoms with Crippen molar-refractivity contribution in [2.24, 2.45) is 0 Å². The molecule has 0 saturated carbocycles. The number of amides is 1. The number of carbonyl (C=O) groups is 2. The van der Waals surface area contributed by atoms with Crippen LogP contribution in [0.5, 0.6) is 0 Å². The minimum atomic E-state index is -0.215. The van der Waals surface area contributed by atoms with E-state index in [0.29, 0.717) is 29.1 Å². The first kappa shape index (κ1) is 15.8. The van der Waals surface area contributed by atoms with Gasteiger partial charge in [-0.2, -0.15) is 0 Å². The van der Waals surface area contributed by atoms with Crippen molar-refractivity contribution in [2.45, 2.75) is 45.4 Å². The molecule has 0 atom stereocenters. The van der Waals surface area contributed by atoms with Gasteiger partial charge in [-0.05, 0) is 24.5 Å². The molecule has 0 bridgehead atoms. The number of nitrogens with zero attached hydrogens (tertiary/aromatic N) is 2. The summed E-state index contributed by atoms with van der Waals surface area (Å²) in [5.41, 5.74) is 2.09. The second kappa shape index (κ2) is 7.00. The van der Waals surface area contributed by atoms with Gasteiger partial charge in [0.1, 0.15) is 5.01 Å². The molecule has 0 aliphatic heterocycles. The number of aryl methyl sites for hydroxylation is 1. The third kappa shape index (κ3) is 3.47. The molecule has 1 heterocycles. The van der Waals surface area contributed by atoms with Crippen molar-refractivity contribution in [1.82, 2.24) is 10.2 Å². The molecule has 6 heteroatoms. The van der Waals surface area contributed by atoms with Crippen molar-refractivity contribution in [2.75, 3.05) is 5.32 Å². The maximum absolute atomic E-state index is 12.5. The lowest BCUT2D eigenvalue weighted by molar-refractivity contribution is 0.0993. The molecule has 1 aliphatic carbocycles. The molecule has 0 fully saturated rings. The predicted molar refractivity (Wildman–Crippen MR) is 90.2 cm³/mol. The molecule has 0 radical (unpaired) electrons. The van der Waals surface area contributed by atoms with Crippen LogP contribution in [0.2, 0.25) is 0 Å². The zero-order valence-electron chi connectivity index (χ0n) is 13.1. The normalized spacial score (nSPS) is 13.2. The quantitative estimate of drug-likeness (QED) is 0.821. The van der Waals surface area contributed by atoms with Crippen LogP contribution >= 0.6 is 11.3 Å². The summed E-state index contributed by atoms with van der Waals surface area (Å²) in [5.74, 6) is -0.100. The summed E-state index contributed by atoms with van der Waals surface area (Å²) in [6, 6.07) is 5.31. The summed E-state index contributed by atoms with van der Waals surface area (Å²) in [5, 5.41) is 12.4. The highest BCUT2D eigenvalue weighted by molar-refractivity contribution is 7.15. The Kier molecular flexibility index (Phi) is 4.81. The van der Waals surface area contributed by atoms with E-state index in [-0.39, 0.29) is 11.7 Å². The summed E-state index contributed by atoms with van der Waals surface area (Å²) in [6.07, 6.45) is 5.45. The number of hydrogen-bond acceptors (Lipinski definition) is 5. The van der Waals surface area contributed by atoms with Gasteiger partial charge in [-0.15, -0.1) is 10.2 Å². The van der Waals surface area contributed by atoms with Crippen LogP contribution in [-0.2, 0) is 12.8 Å². The SMILES string of the molecule is CCCCCc1nnc(NC(=O)c2cccc3c2CCC3=O)s1. The summed E-state index contributed by atoms with van der Waals surface area (Å²) < 4.78 is 0. The highest BCUT2D eigenvalue weighted by Crippen LogP contribution is 2.26. The van der Waals surface area contributed by atoms with Crippen LogP contribution in [0.1, 0.15) is 63.9 Å². The van der Waals surface area contributed by atoms with Crippen molar-refractivity contribution in [3.63, 3.8) is 0 Å². The smallest absolute Gasteiger partial charge is 0.257 e. The van der Waals surface area contributed by atoms with Crippen LogP contribution in [-0.4, -0.2) is 21.9 Å². The van der Waals surface area contributed by atoms with Crippen LogP contribution in [0.15, 0.2) is 18.2 Å². The Labute approximate surface area is 139 Å². The number of anilines is 1. The van der Waals surface area contributed by atoms with E-state index in [0.717, 1.165) is 23.4 Å². The molecule has 2 aromatic rings. The van der Waals surface area contributed by atoms with Gasteiger partial charge in [0.15, 0.2) is 5.78 Å². The van der Waals surface area contributed by atoms with E-state index in [9.17, 15) is 9.59 Å². The number of carbonyl (C=O) groups excluding carboxylic acids is 2. The minimum absolute atomic E-state index is 0.115. The molecule has 0 spiro atoms. The van der Waals surface area contributed by atoms with Crippen LogP contribution in [0.3, 0.4) is 0 Å². The monoisotopic (exact) mass is 329 g/mol. The second-order valence-electron chi connectivity index (χ2n) is 5.67. The summed E-state index contributed by atoms with van der Waals surface area (Å²) in [4.78, 5) is 24.2. The highest BCUT2D eigenvalue weighted by atomic mass is 32.1. The van der Waals surface area contributed by atoms with Crippen LogP contribution in [0.25, 0.3) is 0 Å². The van der Waals surface area contributed by atoms with Gasteiger partial charge < -0.3 is 0 Å². The Hall–Kier alpha value is -2.08. The molecule has 1 N–H and O–H groups in total. The molecule has 1 amide bonds. The fourth-order valence-electron chi connectivity index (χ4n) is 2.80. The van der Waals surface area contributed by atoms with Gasteiger partial charge in [0.25, 0.3) is 5.91 Å². The van der Waals surface area contributed by atoms with Crippen molar-refractivity contribution >= 4 is 28.2 Å². The Morgan fingerprint density at radius 2 is 2.13 bits per heavy atom. The van der Waals surface area contributed by atoms with Gasteiger partial charge in [-0.3, -0.25) is 14.9 Å². The second-order valence-corrected chi connectivity index (χ2v) is 6.73. The van der Waals surface area contributed by atoms with E-state index >= 15 is 0 Å². The number of unbranched alkanes of at least 4 members (excludes halogenated alkanes) is 2. The van der Waals surface area contributed by atoms with E-state index < -0.39 is 0 Å². The number of aromatic nitrogens is 2.